The molecule has 0 saturated heterocycles. The Morgan fingerprint density at radius 2 is 1.33 bits per heavy atom. The molecule has 2 saturated carbocycles. The van der Waals surface area contributed by atoms with Crippen LogP contribution in [0.1, 0.15) is 121 Å². The molecule has 0 unspecified atom stereocenters. The molecule has 2 aliphatic rings. The van der Waals surface area contributed by atoms with Gasteiger partial charge < -0.3 is 0 Å². The van der Waals surface area contributed by atoms with Gasteiger partial charge in [0, 0.05) is 11.5 Å². The van der Waals surface area contributed by atoms with Gasteiger partial charge in [0.25, 0.3) is 0 Å². The molecule has 166 valence electrons. The third kappa shape index (κ3) is 7.80. The molecule has 0 heterocycles. The molecule has 0 amide bonds. The van der Waals surface area contributed by atoms with Crippen molar-refractivity contribution in [3.63, 3.8) is 0 Å². The van der Waals surface area contributed by atoms with Crippen LogP contribution in [-0.2, 0) is 6.42 Å². The van der Waals surface area contributed by atoms with Crippen LogP contribution < -0.4 is 0 Å². The molecule has 1 aromatic carbocycles. The van der Waals surface area contributed by atoms with Crippen molar-refractivity contribution in [2.45, 2.75) is 117 Å². The van der Waals surface area contributed by atoms with E-state index >= 15 is 0 Å². The van der Waals surface area contributed by atoms with Crippen molar-refractivity contribution in [3.8, 4) is 11.8 Å². The number of rotatable bonds is 9. The lowest BCUT2D eigenvalue weighted by Crippen LogP contribution is -2.25. The summed E-state index contributed by atoms with van der Waals surface area (Å²) in [6.45, 7) is 4.58. The van der Waals surface area contributed by atoms with Gasteiger partial charge in [-0.2, -0.15) is 0 Å². The van der Waals surface area contributed by atoms with Crippen molar-refractivity contribution in [1.29, 1.82) is 0 Å². The number of unbranched alkanes of at least 4 members (excludes halogenated alkanes) is 4. The van der Waals surface area contributed by atoms with Gasteiger partial charge in [-0.1, -0.05) is 89.2 Å². The summed E-state index contributed by atoms with van der Waals surface area (Å²) >= 11 is 0. The van der Waals surface area contributed by atoms with Crippen LogP contribution in [0.2, 0.25) is 0 Å². The Balaban J connectivity index is 1.35. The minimum Gasteiger partial charge on any atom is -0.0945 e. The van der Waals surface area contributed by atoms with E-state index in [9.17, 15) is 0 Å². The van der Waals surface area contributed by atoms with Crippen LogP contribution >= 0.6 is 0 Å². The molecular weight excluding hydrogens is 360 g/mol. The van der Waals surface area contributed by atoms with Gasteiger partial charge in [-0.3, -0.25) is 0 Å². The first kappa shape index (κ1) is 23.4. The minimum atomic E-state index is 0.635. The van der Waals surface area contributed by atoms with Crippen molar-refractivity contribution in [1.82, 2.24) is 0 Å². The number of aryl methyl sites for hydroxylation is 1. The van der Waals surface area contributed by atoms with Crippen molar-refractivity contribution < 1.29 is 0 Å². The third-order valence-corrected chi connectivity index (χ3v) is 7.99. The zero-order valence-corrected chi connectivity index (χ0v) is 19.9. The fourth-order valence-corrected chi connectivity index (χ4v) is 5.86. The van der Waals surface area contributed by atoms with E-state index in [1.54, 1.807) is 0 Å². The second-order valence-electron chi connectivity index (χ2n) is 10.3. The van der Waals surface area contributed by atoms with Gasteiger partial charge in [0.2, 0.25) is 0 Å². The Kier molecular flexibility index (Phi) is 10.4. The third-order valence-electron chi connectivity index (χ3n) is 7.99. The lowest BCUT2D eigenvalue weighted by molar-refractivity contribution is 0.153. The minimum absolute atomic E-state index is 0.635. The molecule has 0 aliphatic heterocycles. The van der Waals surface area contributed by atoms with Crippen LogP contribution in [-0.4, -0.2) is 0 Å². The molecule has 2 aliphatic carbocycles. The van der Waals surface area contributed by atoms with Gasteiger partial charge in [-0.15, -0.1) is 0 Å². The predicted molar refractivity (Wildman–Crippen MR) is 132 cm³/mol. The molecule has 0 aromatic heterocycles. The van der Waals surface area contributed by atoms with Gasteiger partial charge in [-0.25, -0.2) is 0 Å². The molecule has 2 fully saturated rings. The fraction of sp³-hybridized carbons (Fsp3) is 0.733. The Morgan fingerprint density at radius 3 is 1.97 bits per heavy atom. The molecule has 0 atom stereocenters. The highest BCUT2D eigenvalue weighted by Gasteiger charge is 2.30. The summed E-state index contributed by atoms with van der Waals surface area (Å²) in [5, 5.41) is 0. The summed E-state index contributed by atoms with van der Waals surface area (Å²) in [6.07, 6.45) is 22.6. The molecule has 0 radical (unpaired) electrons. The maximum atomic E-state index is 3.61. The molecule has 30 heavy (non-hydrogen) atoms. The maximum Gasteiger partial charge on any atom is 0.0245 e. The van der Waals surface area contributed by atoms with Crippen LogP contribution in [0.4, 0.5) is 0 Å². The van der Waals surface area contributed by atoms with E-state index in [4.69, 9.17) is 0 Å². The Morgan fingerprint density at radius 1 is 0.700 bits per heavy atom. The quantitative estimate of drug-likeness (QED) is 0.283. The van der Waals surface area contributed by atoms with Crippen LogP contribution in [0.25, 0.3) is 0 Å². The van der Waals surface area contributed by atoms with Gasteiger partial charge in [0.1, 0.15) is 0 Å². The van der Waals surface area contributed by atoms with Crippen molar-refractivity contribution in [3.05, 3.63) is 35.4 Å². The van der Waals surface area contributed by atoms with E-state index in [2.05, 4.69) is 50.0 Å². The molecule has 0 heteroatoms. The van der Waals surface area contributed by atoms with Crippen LogP contribution in [0.3, 0.4) is 0 Å². The van der Waals surface area contributed by atoms with Gasteiger partial charge in [-0.05, 0) is 86.8 Å². The summed E-state index contributed by atoms with van der Waals surface area (Å²) in [4.78, 5) is 0. The van der Waals surface area contributed by atoms with E-state index in [1.165, 1.54) is 114 Å². The van der Waals surface area contributed by atoms with Crippen LogP contribution in [0.15, 0.2) is 24.3 Å². The highest BCUT2D eigenvalue weighted by atomic mass is 14.4. The molecule has 3 rings (SSSR count). The van der Waals surface area contributed by atoms with Crippen molar-refractivity contribution in [2.24, 2.45) is 23.7 Å². The summed E-state index contributed by atoms with van der Waals surface area (Å²) in [6, 6.07) is 9.00. The molecular formula is C30H46. The highest BCUT2D eigenvalue weighted by molar-refractivity contribution is 5.36. The summed E-state index contributed by atoms with van der Waals surface area (Å²) in [7, 11) is 0. The monoisotopic (exact) mass is 406 g/mol. The average Bonchev–Trinajstić information content (AvgIpc) is 2.81. The predicted octanol–water partition coefficient (Wildman–Crippen LogP) is 8.96. The summed E-state index contributed by atoms with van der Waals surface area (Å²) in [5.41, 5.74) is 2.66. The van der Waals surface area contributed by atoms with E-state index < -0.39 is 0 Å². The normalized spacial score (nSPS) is 26.7. The van der Waals surface area contributed by atoms with Crippen molar-refractivity contribution >= 4 is 0 Å². The summed E-state index contributed by atoms with van der Waals surface area (Å²) < 4.78 is 0. The zero-order chi connectivity index (χ0) is 21.0. The molecule has 1 aromatic rings. The maximum absolute atomic E-state index is 3.61. The molecule has 0 bridgehead atoms. The van der Waals surface area contributed by atoms with E-state index in [-0.39, 0.29) is 0 Å². The van der Waals surface area contributed by atoms with E-state index in [0.29, 0.717) is 5.92 Å². The summed E-state index contributed by atoms with van der Waals surface area (Å²) in [5.74, 6) is 10.8. The lowest BCUT2D eigenvalue weighted by atomic mass is 9.69. The van der Waals surface area contributed by atoms with Gasteiger partial charge in [0.15, 0.2) is 0 Å². The van der Waals surface area contributed by atoms with Crippen LogP contribution in [0.5, 0.6) is 0 Å². The van der Waals surface area contributed by atoms with Gasteiger partial charge in [0.05, 0.1) is 0 Å². The number of hydrogen-bond donors (Lipinski definition) is 0. The average molecular weight is 407 g/mol. The number of hydrogen-bond acceptors (Lipinski definition) is 0. The first-order chi connectivity index (χ1) is 14.8. The largest absolute Gasteiger partial charge is 0.0945 e. The Bertz CT molecular complexity index is 627. The second kappa shape index (κ2) is 13.2. The topological polar surface area (TPSA) is 0 Å². The SMILES string of the molecule is CCCCCCC1CCC(C2CCC(C#Cc3ccc(CCCC)cc3)CC2)CC1. The fourth-order valence-electron chi connectivity index (χ4n) is 5.86. The van der Waals surface area contributed by atoms with Crippen molar-refractivity contribution in [2.75, 3.05) is 0 Å². The zero-order valence-electron chi connectivity index (χ0n) is 19.9. The van der Waals surface area contributed by atoms with Crippen LogP contribution in [0, 0.1) is 35.5 Å². The first-order valence-electron chi connectivity index (χ1n) is 13.4. The molecule has 0 N–H and O–H groups in total. The Hall–Kier alpha value is -1.22. The van der Waals surface area contributed by atoms with Gasteiger partial charge >= 0.3 is 0 Å². The number of benzene rings is 1. The lowest BCUT2D eigenvalue weighted by Gasteiger charge is -2.37. The Labute approximate surface area is 187 Å². The first-order valence-corrected chi connectivity index (χ1v) is 13.4. The standard InChI is InChI=1S/C30H46/c1-3-5-7-8-10-26-17-21-29(22-18-26)30-23-19-28(20-24-30)16-15-27-13-11-25(12-14-27)9-6-4-2/h11-14,26,28-30H,3-10,17-24H2,1-2H3. The molecule has 0 spiro atoms. The highest BCUT2D eigenvalue weighted by Crippen LogP contribution is 2.42. The smallest absolute Gasteiger partial charge is 0.0245 e. The van der Waals surface area contributed by atoms with E-state index in [0.717, 1.165) is 17.8 Å². The van der Waals surface area contributed by atoms with E-state index in [1.807, 2.05) is 0 Å². The molecule has 0 nitrogen and oxygen atoms in total. The second-order valence-corrected chi connectivity index (χ2v) is 10.3.